The lowest BCUT2D eigenvalue weighted by molar-refractivity contribution is 0.0304. The van der Waals surface area contributed by atoms with E-state index in [0.29, 0.717) is 6.42 Å². The van der Waals surface area contributed by atoms with E-state index in [1.807, 2.05) is 0 Å². The first-order chi connectivity index (χ1) is 23.2. The molecule has 1 aliphatic rings. The van der Waals surface area contributed by atoms with Gasteiger partial charge in [0.2, 0.25) is 0 Å². The van der Waals surface area contributed by atoms with Crippen LogP contribution in [0.15, 0.2) is 158 Å². The van der Waals surface area contributed by atoms with E-state index in [0.717, 1.165) is 17.5 Å². The Morgan fingerprint density at radius 1 is 0.532 bits per heavy atom. The fraction of sp³-hybridized carbons (Fsp3) is 0.163. The number of aliphatic hydroxyl groups excluding tert-OH is 1. The van der Waals surface area contributed by atoms with Gasteiger partial charge in [-0.15, -0.1) is 0 Å². The van der Waals surface area contributed by atoms with Gasteiger partial charge in [-0.2, -0.15) is 0 Å². The first kappa shape index (κ1) is 31.7. The van der Waals surface area contributed by atoms with Crippen LogP contribution in [0.5, 0.6) is 0 Å². The molecule has 3 atom stereocenters. The molecular weight excluding hydrogens is 610 g/mol. The summed E-state index contributed by atoms with van der Waals surface area (Å²) in [7, 11) is -1.80. The van der Waals surface area contributed by atoms with Crippen molar-refractivity contribution in [3.05, 3.63) is 180 Å². The Balaban J connectivity index is 1.52. The van der Waals surface area contributed by atoms with Crippen LogP contribution in [-0.2, 0) is 4.74 Å². The minimum absolute atomic E-state index is 0.0299. The zero-order valence-corrected chi connectivity index (χ0v) is 28.7. The molecule has 0 aliphatic carbocycles. The molecule has 0 amide bonds. The van der Waals surface area contributed by atoms with Crippen molar-refractivity contribution in [2.75, 3.05) is 0 Å². The summed E-state index contributed by atoms with van der Waals surface area (Å²) in [6.45, 7) is 4.28. The second-order valence-electron chi connectivity index (χ2n) is 11.9. The summed E-state index contributed by atoms with van der Waals surface area (Å²) >= 11 is 0. The highest BCUT2D eigenvalue weighted by molar-refractivity contribution is 7.80. The minimum atomic E-state index is -0.935. The summed E-state index contributed by atoms with van der Waals surface area (Å²) in [5.41, 5.74) is 4.63. The van der Waals surface area contributed by atoms with Crippen LogP contribution in [0, 0.1) is 0 Å². The maximum atomic E-state index is 11.7. The van der Waals surface area contributed by atoms with Crippen LogP contribution in [0.4, 0.5) is 0 Å². The van der Waals surface area contributed by atoms with Crippen LogP contribution in [0.1, 0.15) is 67.3 Å². The molecule has 6 aromatic rings. The summed E-state index contributed by atoms with van der Waals surface area (Å²) in [4.78, 5) is 0. The van der Waals surface area contributed by atoms with Gasteiger partial charge in [-0.1, -0.05) is 172 Å². The number of hydrogen-bond acceptors (Lipinski definition) is 2. The lowest BCUT2D eigenvalue weighted by atomic mass is 9.91. The van der Waals surface area contributed by atoms with Crippen molar-refractivity contribution < 1.29 is 9.84 Å². The van der Waals surface area contributed by atoms with Crippen molar-refractivity contribution in [3.8, 4) is 0 Å². The van der Waals surface area contributed by atoms with Gasteiger partial charge >= 0.3 is 0 Å². The highest BCUT2D eigenvalue weighted by Crippen LogP contribution is 2.50. The minimum Gasteiger partial charge on any atom is -0.388 e. The third-order valence-corrected chi connectivity index (χ3v) is 14.1. The van der Waals surface area contributed by atoms with Crippen LogP contribution in [0.3, 0.4) is 0 Å². The van der Waals surface area contributed by atoms with Gasteiger partial charge in [0.15, 0.2) is 0 Å². The van der Waals surface area contributed by atoms with Crippen molar-refractivity contribution in [2.45, 2.75) is 45.0 Å². The summed E-state index contributed by atoms with van der Waals surface area (Å²) in [6.07, 6.45) is 0.565. The quantitative estimate of drug-likeness (QED) is 0.152. The van der Waals surface area contributed by atoms with Crippen LogP contribution in [-0.4, -0.2) is 5.11 Å². The molecule has 0 unspecified atom stereocenters. The predicted molar refractivity (Wildman–Crippen MR) is 202 cm³/mol. The first-order valence-electron chi connectivity index (χ1n) is 16.6. The van der Waals surface area contributed by atoms with Crippen molar-refractivity contribution in [2.24, 2.45) is 0 Å². The molecule has 0 radical (unpaired) electrons. The van der Waals surface area contributed by atoms with Crippen molar-refractivity contribution >= 4 is 47.7 Å². The molecule has 234 valence electrons. The molecule has 7 rings (SSSR count). The summed E-state index contributed by atoms with van der Waals surface area (Å²) in [5.74, 6) is 0. The van der Waals surface area contributed by atoms with Crippen LogP contribution >= 0.6 is 15.8 Å². The number of aliphatic hydroxyl groups is 1. The molecule has 47 heavy (non-hydrogen) atoms. The van der Waals surface area contributed by atoms with E-state index >= 15 is 0 Å². The largest absolute Gasteiger partial charge is 0.388 e. The number of rotatable bonds is 10. The van der Waals surface area contributed by atoms with Crippen LogP contribution in [0.25, 0.3) is 0 Å². The lowest BCUT2D eigenvalue weighted by Crippen LogP contribution is -2.29. The average molecular weight is 651 g/mol. The van der Waals surface area contributed by atoms with E-state index in [-0.39, 0.29) is 12.2 Å². The maximum Gasteiger partial charge on any atom is 0.110 e. The van der Waals surface area contributed by atoms with E-state index in [9.17, 15) is 5.11 Å². The number of ether oxygens (including phenoxy) is 1. The molecule has 6 aromatic carbocycles. The van der Waals surface area contributed by atoms with Crippen molar-refractivity contribution in [1.82, 2.24) is 0 Å². The van der Waals surface area contributed by atoms with Crippen LogP contribution in [0.2, 0.25) is 0 Å². The van der Waals surface area contributed by atoms with E-state index in [2.05, 4.69) is 172 Å². The molecule has 0 aromatic heterocycles. The maximum absolute atomic E-state index is 11.7. The Morgan fingerprint density at radius 3 is 1.38 bits per heavy atom. The number of hydrogen-bond donors (Lipinski definition) is 1. The van der Waals surface area contributed by atoms with Crippen molar-refractivity contribution in [1.29, 1.82) is 0 Å². The number of fused-ring (bicyclic) bond motifs is 1. The van der Waals surface area contributed by atoms with E-state index in [4.69, 9.17) is 4.74 Å². The zero-order valence-electron chi connectivity index (χ0n) is 26.9. The Kier molecular flexibility index (Phi) is 9.76. The Morgan fingerprint density at radius 2 is 0.957 bits per heavy atom. The topological polar surface area (TPSA) is 29.5 Å². The summed E-state index contributed by atoms with van der Waals surface area (Å²) in [6, 6.07) is 56.9. The molecule has 4 heteroatoms. The van der Waals surface area contributed by atoms with Gasteiger partial charge in [0.05, 0.1) is 12.2 Å². The molecule has 2 nitrogen and oxygen atoms in total. The summed E-state index contributed by atoms with van der Waals surface area (Å²) in [5, 5.41) is 19.5. The van der Waals surface area contributed by atoms with E-state index in [1.165, 1.54) is 43.0 Å². The molecule has 0 saturated carbocycles. The average Bonchev–Trinajstić information content (AvgIpc) is 3.52. The van der Waals surface area contributed by atoms with Gasteiger partial charge in [-0.3, -0.25) is 0 Å². The second kappa shape index (κ2) is 14.5. The second-order valence-corrected chi connectivity index (χ2v) is 16.3. The first-order valence-corrected chi connectivity index (χ1v) is 19.3. The van der Waals surface area contributed by atoms with Crippen LogP contribution < -0.4 is 31.8 Å². The predicted octanol–water partition coefficient (Wildman–Crippen LogP) is 8.22. The molecule has 0 fully saturated rings. The fourth-order valence-corrected chi connectivity index (χ4v) is 11.9. The smallest absolute Gasteiger partial charge is 0.110 e. The monoisotopic (exact) mass is 650 g/mol. The third-order valence-electron chi connectivity index (χ3n) is 9.06. The molecule has 1 aliphatic heterocycles. The van der Waals surface area contributed by atoms with Gasteiger partial charge in [0.25, 0.3) is 0 Å². The van der Waals surface area contributed by atoms with Gasteiger partial charge in [0.1, 0.15) is 6.10 Å². The highest BCUT2D eigenvalue weighted by atomic mass is 31.1. The highest BCUT2D eigenvalue weighted by Gasteiger charge is 2.40. The van der Waals surface area contributed by atoms with Crippen molar-refractivity contribution in [3.63, 3.8) is 0 Å². The Labute approximate surface area is 281 Å². The molecule has 0 saturated heterocycles. The van der Waals surface area contributed by atoms with Gasteiger partial charge in [0, 0.05) is 0 Å². The van der Waals surface area contributed by atoms with Gasteiger partial charge in [-0.05, 0) is 82.8 Å². The zero-order chi connectivity index (χ0) is 32.2. The SMILES string of the molecule is CC[C@@H]1O[C@@H](c2c([C@@H](O)CC)cccc2P(c2ccccc2)c2ccccc2)c2c1cccc2P(c1ccccc1)c1ccccc1. The standard InChI is InChI=1S/C43H40O2P2/c1-3-37(44)35-27-17-29-39(46(31-19-9-5-10-20-31)32-21-11-6-12-22-32)41(35)43-42-36(38(4-2)45-43)28-18-30-40(42)47(33-23-13-7-14-24-33)34-25-15-8-16-26-34/h5-30,37-38,43-44H,3-4H2,1-2H3/t37-,38-,43-/m0/s1. The fourth-order valence-electron chi connectivity index (χ4n) is 6.89. The molecule has 0 bridgehead atoms. The van der Waals surface area contributed by atoms with Gasteiger partial charge in [-0.25, -0.2) is 0 Å². The van der Waals surface area contributed by atoms with Gasteiger partial charge < -0.3 is 9.84 Å². The molecule has 1 N–H and O–H groups in total. The Bertz CT molecular complexity index is 1830. The lowest BCUT2D eigenvalue weighted by Gasteiger charge is -2.30. The molecule has 0 spiro atoms. The normalized spacial score (nSPS) is 16.4. The van der Waals surface area contributed by atoms with E-state index in [1.54, 1.807) is 0 Å². The van der Waals surface area contributed by atoms with E-state index < -0.39 is 21.9 Å². The Hall–Kier alpha value is -3.90. The third kappa shape index (κ3) is 6.25. The number of benzene rings is 6. The molecular formula is C43H40O2P2. The summed E-state index contributed by atoms with van der Waals surface area (Å²) < 4.78 is 7.24. The molecule has 1 heterocycles.